The van der Waals surface area contributed by atoms with Gasteiger partial charge in [0.1, 0.15) is 0 Å². The van der Waals surface area contributed by atoms with E-state index >= 15 is 0 Å². The highest BCUT2D eigenvalue weighted by atomic mass is 16.2. The molecule has 1 saturated carbocycles. The van der Waals surface area contributed by atoms with Crippen molar-refractivity contribution in [3.63, 3.8) is 0 Å². The molecule has 1 aromatic heterocycles. The molecule has 1 aromatic carbocycles. The van der Waals surface area contributed by atoms with Crippen LogP contribution in [0.5, 0.6) is 0 Å². The lowest BCUT2D eigenvalue weighted by atomic mass is 10.0. The Morgan fingerprint density at radius 2 is 1.88 bits per heavy atom. The topological polar surface area (TPSA) is 49.3 Å². The first-order valence-electron chi connectivity index (χ1n) is 9.08. The van der Waals surface area contributed by atoms with Crippen LogP contribution in [0.2, 0.25) is 0 Å². The van der Waals surface area contributed by atoms with Crippen molar-refractivity contribution >= 4 is 11.7 Å². The average molecular weight is 336 g/mol. The fourth-order valence-electron chi connectivity index (χ4n) is 3.91. The molecule has 2 heterocycles. The van der Waals surface area contributed by atoms with E-state index in [4.69, 9.17) is 0 Å². The Kier molecular flexibility index (Phi) is 4.38. The summed E-state index contributed by atoms with van der Waals surface area (Å²) in [6.45, 7) is 1.68. The molecule has 1 saturated heterocycles. The average Bonchev–Trinajstić information content (AvgIpc) is 3.49. The molecule has 0 spiro atoms. The first-order chi connectivity index (χ1) is 12.2. The Morgan fingerprint density at radius 1 is 1.12 bits per heavy atom. The number of nitrogens with zero attached hydrogens (tertiary/aromatic N) is 4. The lowest BCUT2D eigenvalue weighted by Crippen LogP contribution is -2.46. The minimum Gasteiger partial charge on any atom is -0.355 e. The molecule has 5 heteroatoms. The van der Waals surface area contributed by atoms with Crippen molar-refractivity contribution in [2.24, 2.45) is 5.92 Å². The van der Waals surface area contributed by atoms with Crippen molar-refractivity contribution < 1.29 is 4.79 Å². The maximum absolute atomic E-state index is 12.8. The second-order valence-corrected chi connectivity index (χ2v) is 7.11. The molecule has 0 bridgehead atoms. The number of likely N-dealkylation sites (tertiary alicyclic amines) is 1. The van der Waals surface area contributed by atoms with Crippen LogP contribution in [0.25, 0.3) is 0 Å². The van der Waals surface area contributed by atoms with Crippen molar-refractivity contribution in [2.75, 3.05) is 25.0 Å². The Labute approximate surface area is 148 Å². The quantitative estimate of drug-likeness (QED) is 0.861. The van der Waals surface area contributed by atoms with Crippen molar-refractivity contribution in [2.45, 2.75) is 31.2 Å². The number of carbonyl (C=O) groups excluding carboxylic acids is 1. The monoisotopic (exact) mass is 336 g/mol. The molecule has 2 fully saturated rings. The predicted octanol–water partition coefficient (Wildman–Crippen LogP) is 2.71. The van der Waals surface area contributed by atoms with Gasteiger partial charge in [0.25, 0.3) is 0 Å². The molecule has 5 nitrogen and oxygen atoms in total. The number of piperidine rings is 1. The lowest BCUT2D eigenvalue weighted by molar-refractivity contribution is -0.133. The molecule has 0 unspecified atom stereocenters. The van der Waals surface area contributed by atoms with Crippen LogP contribution in [0, 0.1) is 5.92 Å². The van der Waals surface area contributed by atoms with Gasteiger partial charge in [0.2, 0.25) is 5.91 Å². The molecule has 1 aliphatic carbocycles. The van der Waals surface area contributed by atoms with Gasteiger partial charge in [-0.05, 0) is 42.9 Å². The van der Waals surface area contributed by atoms with Gasteiger partial charge >= 0.3 is 0 Å². The number of aromatic nitrogens is 2. The van der Waals surface area contributed by atoms with Crippen LogP contribution in [0.3, 0.4) is 0 Å². The third kappa shape index (κ3) is 3.36. The summed E-state index contributed by atoms with van der Waals surface area (Å²) in [6, 6.07) is 14.7. The summed E-state index contributed by atoms with van der Waals surface area (Å²) in [5.41, 5.74) is 1.30. The van der Waals surface area contributed by atoms with Crippen LogP contribution in [-0.4, -0.2) is 47.2 Å². The molecular formula is C20H24N4O. The van der Waals surface area contributed by atoms with Gasteiger partial charge < -0.3 is 9.80 Å². The van der Waals surface area contributed by atoms with Crippen LogP contribution < -0.4 is 4.90 Å². The fourth-order valence-corrected chi connectivity index (χ4v) is 3.91. The van der Waals surface area contributed by atoms with Gasteiger partial charge in [-0.3, -0.25) is 4.79 Å². The summed E-state index contributed by atoms with van der Waals surface area (Å²) in [5.74, 6) is 1.86. The van der Waals surface area contributed by atoms with Crippen LogP contribution in [0.15, 0.2) is 48.7 Å². The van der Waals surface area contributed by atoms with Crippen molar-refractivity contribution in [1.82, 2.24) is 15.1 Å². The summed E-state index contributed by atoms with van der Waals surface area (Å²) in [5, 5.41) is 8.14. The minimum atomic E-state index is 0.191. The van der Waals surface area contributed by atoms with Gasteiger partial charge in [0, 0.05) is 38.3 Å². The van der Waals surface area contributed by atoms with E-state index in [0.29, 0.717) is 17.9 Å². The highest BCUT2D eigenvalue weighted by Gasteiger charge is 2.46. The van der Waals surface area contributed by atoms with Crippen LogP contribution in [0.1, 0.15) is 30.7 Å². The number of hydrogen-bond acceptors (Lipinski definition) is 4. The van der Waals surface area contributed by atoms with E-state index in [2.05, 4.69) is 51.3 Å². The second kappa shape index (κ2) is 6.82. The van der Waals surface area contributed by atoms with E-state index < -0.39 is 0 Å². The van der Waals surface area contributed by atoms with E-state index in [9.17, 15) is 4.79 Å². The van der Waals surface area contributed by atoms with Gasteiger partial charge in [-0.15, -0.1) is 5.10 Å². The Balaban J connectivity index is 1.31. The van der Waals surface area contributed by atoms with E-state index in [1.165, 1.54) is 5.56 Å². The van der Waals surface area contributed by atoms with Crippen LogP contribution in [-0.2, 0) is 4.79 Å². The number of anilines is 1. The Bertz CT molecular complexity index is 713. The van der Waals surface area contributed by atoms with E-state index in [1.54, 1.807) is 6.20 Å². The molecule has 0 radical (unpaired) electrons. The molecule has 4 rings (SSSR count). The van der Waals surface area contributed by atoms with Gasteiger partial charge in [0.15, 0.2) is 5.82 Å². The maximum Gasteiger partial charge on any atom is 0.226 e. The zero-order valence-electron chi connectivity index (χ0n) is 14.6. The largest absolute Gasteiger partial charge is 0.355 e. The number of rotatable bonds is 4. The van der Waals surface area contributed by atoms with Crippen LogP contribution >= 0.6 is 0 Å². The summed E-state index contributed by atoms with van der Waals surface area (Å²) < 4.78 is 0. The molecule has 2 aliphatic rings. The third-order valence-electron chi connectivity index (χ3n) is 5.58. The standard InChI is InChI=1S/C20H24N4O/c1-23(19-8-5-11-21-22-19)16-9-12-24(13-10-16)20(25)18-14-17(18)15-6-3-2-4-7-15/h2-8,11,16-18H,9-10,12-14H2,1H3/t17-,18+/m1/s1. The molecule has 1 amide bonds. The first kappa shape index (κ1) is 16.1. The zero-order chi connectivity index (χ0) is 17.2. The van der Waals surface area contributed by atoms with E-state index in [-0.39, 0.29) is 5.92 Å². The normalized spacial score (nSPS) is 23.3. The van der Waals surface area contributed by atoms with Crippen LogP contribution in [0.4, 0.5) is 5.82 Å². The van der Waals surface area contributed by atoms with Gasteiger partial charge in [0.05, 0.1) is 0 Å². The summed E-state index contributed by atoms with van der Waals surface area (Å²) in [4.78, 5) is 17.0. The highest BCUT2D eigenvalue weighted by molar-refractivity contribution is 5.83. The predicted molar refractivity (Wildman–Crippen MR) is 97.3 cm³/mol. The van der Waals surface area contributed by atoms with Crippen molar-refractivity contribution in [3.8, 4) is 0 Å². The van der Waals surface area contributed by atoms with Crippen molar-refractivity contribution in [3.05, 3.63) is 54.2 Å². The molecule has 2 aromatic rings. The van der Waals surface area contributed by atoms with Gasteiger partial charge in [-0.25, -0.2) is 0 Å². The first-order valence-corrected chi connectivity index (χ1v) is 9.08. The summed E-state index contributed by atoms with van der Waals surface area (Å²) in [6.07, 6.45) is 4.67. The van der Waals surface area contributed by atoms with E-state index in [0.717, 1.165) is 38.2 Å². The molecule has 25 heavy (non-hydrogen) atoms. The number of hydrogen-bond donors (Lipinski definition) is 0. The fraction of sp³-hybridized carbons (Fsp3) is 0.450. The summed E-state index contributed by atoms with van der Waals surface area (Å²) >= 11 is 0. The molecule has 1 aliphatic heterocycles. The van der Waals surface area contributed by atoms with Gasteiger partial charge in [-0.2, -0.15) is 5.10 Å². The second-order valence-electron chi connectivity index (χ2n) is 7.11. The molecule has 2 atom stereocenters. The molecule has 0 N–H and O–H groups in total. The van der Waals surface area contributed by atoms with E-state index in [1.807, 2.05) is 18.2 Å². The molecular weight excluding hydrogens is 312 g/mol. The van der Waals surface area contributed by atoms with Crippen molar-refractivity contribution in [1.29, 1.82) is 0 Å². The highest BCUT2D eigenvalue weighted by Crippen LogP contribution is 2.48. The Morgan fingerprint density at radius 3 is 2.56 bits per heavy atom. The Hall–Kier alpha value is -2.43. The number of amides is 1. The number of carbonyl (C=O) groups is 1. The smallest absolute Gasteiger partial charge is 0.226 e. The number of benzene rings is 1. The van der Waals surface area contributed by atoms with Gasteiger partial charge in [-0.1, -0.05) is 30.3 Å². The maximum atomic E-state index is 12.8. The molecule has 130 valence electrons. The zero-order valence-corrected chi connectivity index (χ0v) is 14.6. The summed E-state index contributed by atoms with van der Waals surface area (Å²) in [7, 11) is 2.07. The minimum absolute atomic E-state index is 0.191. The lowest BCUT2D eigenvalue weighted by Gasteiger charge is -2.37. The third-order valence-corrected chi connectivity index (χ3v) is 5.58. The SMILES string of the molecule is CN(c1cccnn1)C1CCN(C(=O)[C@H]2C[C@@H]2c2ccccc2)CC1.